The molecule has 1 aliphatic rings. The van der Waals surface area contributed by atoms with E-state index in [0.29, 0.717) is 12.2 Å². The summed E-state index contributed by atoms with van der Waals surface area (Å²) in [7, 11) is 1.99. The number of Topliss-reactive ketones (excluding diaryl/α,β-unsaturated/α-hetero) is 1. The summed E-state index contributed by atoms with van der Waals surface area (Å²) in [6.07, 6.45) is 3.30. The SMILES string of the molecule is C[N+]1=CCC(=O)CC1. The highest BCUT2D eigenvalue weighted by molar-refractivity contribution is 5.90. The van der Waals surface area contributed by atoms with Crippen LogP contribution in [0.4, 0.5) is 0 Å². The molecule has 1 heterocycles. The summed E-state index contributed by atoms with van der Waals surface area (Å²) in [4.78, 5) is 10.6. The molecule has 0 aromatic rings. The number of ketones is 1. The van der Waals surface area contributed by atoms with E-state index in [9.17, 15) is 4.79 Å². The lowest BCUT2D eigenvalue weighted by molar-refractivity contribution is -0.494. The molecule has 0 radical (unpaired) electrons. The number of rotatable bonds is 0. The Morgan fingerprint density at radius 3 is 2.88 bits per heavy atom. The van der Waals surface area contributed by atoms with Gasteiger partial charge in [-0.2, -0.15) is 0 Å². The Kier molecular flexibility index (Phi) is 1.42. The van der Waals surface area contributed by atoms with Gasteiger partial charge in [0.2, 0.25) is 0 Å². The molecule has 0 bridgehead atoms. The molecule has 0 fully saturated rings. The summed E-state index contributed by atoms with van der Waals surface area (Å²) in [5.74, 6) is 0.364. The van der Waals surface area contributed by atoms with Crippen LogP contribution >= 0.6 is 0 Å². The number of carbonyl (C=O) groups excluding carboxylic acids is 1. The number of hydrogen-bond donors (Lipinski definition) is 0. The van der Waals surface area contributed by atoms with E-state index in [-0.39, 0.29) is 0 Å². The number of carbonyl (C=O) groups is 1. The highest BCUT2D eigenvalue weighted by atomic mass is 16.1. The molecule has 44 valence electrons. The van der Waals surface area contributed by atoms with Crippen LogP contribution in [0, 0.1) is 0 Å². The monoisotopic (exact) mass is 112 g/mol. The fraction of sp³-hybridized carbons (Fsp3) is 0.667. The second-order valence-electron chi connectivity index (χ2n) is 2.16. The summed E-state index contributed by atoms with van der Waals surface area (Å²) in [6.45, 7) is 0.902. The minimum atomic E-state index is 0.364. The Morgan fingerprint density at radius 1 is 1.75 bits per heavy atom. The van der Waals surface area contributed by atoms with Crippen LogP contribution < -0.4 is 0 Å². The maximum atomic E-state index is 10.6. The molecule has 0 aromatic heterocycles. The van der Waals surface area contributed by atoms with Gasteiger partial charge in [-0.1, -0.05) is 0 Å². The minimum absolute atomic E-state index is 0.364. The van der Waals surface area contributed by atoms with E-state index in [2.05, 4.69) is 4.58 Å². The van der Waals surface area contributed by atoms with E-state index < -0.39 is 0 Å². The van der Waals surface area contributed by atoms with Crippen molar-refractivity contribution in [2.45, 2.75) is 12.8 Å². The molecule has 0 aromatic carbocycles. The summed E-state index contributed by atoms with van der Waals surface area (Å²) in [6, 6.07) is 0. The molecule has 0 atom stereocenters. The molecular weight excluding hydrogens is 102 g/mol. The van der Waals surface area contributed by atoms with Crippen molar-refractivity contribution in [2.75, 3.05) is 13.6 Å². The highest BCUT2D eigenvalue weighted by Crippen LogP contribution is 1.92. The first-order valence-electron chi connectivity index (χ1n) is 2.84. The van der Waals surface area contributed by atoms with Gasteiger partial charge in [0.15, 0.2) is 0 Å². The number of hydrogen-bond acceptors (Lipinski definition) is 1. The molecule has 0 unspecified atom stereocenters. The van der Waals surface area contributed by atoms with Crippen LogP contribution in [0.3, 0.4) is 0 Å². The van der Waals surface area contributed by atoms with E-state index in [4.69, 9.17) is 0 Å². The van der Waals surface area contributed by atoms with Gasteiger partial charge in [0.05, 0.1) is 12.8 Å². The zero-order valence-corrected chi connectivity index (χ0v) is 5.05. The maximum absolute atomic E-state index is 10.6. The van der Waals surface area contributed by atoms with E-state index in [1.54, 1.807) is 0 Å². The van der Waals surface area contributed by atoms with Gasteiger partial charge in [0, 0.05) is 0 Å². The molecule has 0 amide bonds. The standard InChI is InChI=1S/C6H10NO/c1-7-4-2-6(8)3-5-7/h4H,2-3,5H2,1H3/q+1. The predicted octanol–water partition coefficient (Wildman–Crippen LogP) is 0.0624. The lowest BCUT2D eigenvalue weighted by Gasteiger charge is -2.00. The van der Waals surface area contributed by atoms with Crippen LogP contribution in [0.1, 0.15) is 12.8 Å². The summed E-state index contributed by atoms with van der Waals surface area (Å²) < 4.78 is 2.06. The Hall–Kier alpha value is -0.660. The van der Waals surface area contributed by atoms with Gasteiger partial charge in [-0.15, -0.1) is 0 Å². The van der Waals surface area contributed by atoms with Crippen molar-refractivity contribution in [3.05, 3.63) is 0 Å². The van der Waals surface area contributed by atoms with E-state index in [1.807, 2.05) is 13.3 Å². The van der Waals surface area contributed by atoms with Crippen LogP contribution in [0.25, 0.3) is 0 Å². The molecule has 2 heteroatoms. The molecule has 1 rings (SSSR count). The van der Waals surface area contributed by atoms with Crippen LogP contribution in [0.5, 0.6) is 0 Å². The van der Waals surface area contributed by atoms with Gasteiger partial charge in [0.1, 0.15) is 25.6 Å². The number of nitrogens with zero attached hydrogens (tertiary/aromatic N) is 1. The molecule has 0 saturated heterocycles. The molecule has 0 N–H and O–H groups in total. The molecule has 2 nitrogen and oxygen atoms in total. The third kappa shape index (κ3) is 1.15. The first kappa shape index (κ1) is 5.48. The molecule has 0 spiro atoms. The lowest BCUT2D eigenvalue weighted by Crippen LogP contribution is -2.20. The molecule has 8 heavy (non-hydrogen) atoms. The van der Waals surface area contributed by atoms with Gasteiger partial charge >= 0.3 is 0 Å². The summed E-state index contributed by atoms with van der Waals surface area (Å²) >= 11 is 0. The van der Waals surface area contributed by atoms with Crippen molar-refractivity contribution in [1.82, 2.24) is 0 Å². The van der Waals surface area contributed by atoms with Crippen molar-refractivity contribution in [1.29, 1.82) is 0 Å². The first-order chi connectivity index (χ1) is 3.79. The quantitative estimate of drug-likeness (QED) is 0.406. The van der Waals surface area contributed by atoms with E-state index in [1.165, 1.54) is 0 Å². The third-order valence-electron chi connectivity index (χ3n) is 1.37. The molecule has 0 aliphatic carbocycles. The van der Waals surface area contributed by atoms with Crippen LogP contribution in [0.15, 0.2) is 0 Å². The van der Waals surface area contributed by atoms with Gasteiger partial charge in [-0.25, -0.2) is 4.58 Å². The van der Waals surface area contributed by atoms with Crippen LogP contribution in [-0.2, 0) is 4.79 Å². The van der Waals surface area contributed by atoms with E-state index in [0.717, 1.165) is 13.0 Å². The molecule has 1 aliphatic heterocycles. The maximum Gasteiger partial charge on any atom is 0.149 e. The zero-order chi connectivity index (χ0) is 5.98. The van der Waals surface area contributed by atoms with Gasteiger partial charge in [0.25, 0.3) is 0 Å². The van der Waals surface area contributed by atoms with Gasteiger partial charge in [-0.3, -0.25) is 4.79 Å². The second kappa shape index (κ2) is 2.07. The van der Waals surface area contributed by atoms with Crippen molar-refractivity contribution < 1.29 is 9.37 Å². The average Bonchev–Trinajstić information content (AvgIpc) is 1.77. The Morgan fingerprint density at radius 2 is 2.50 bits per heavy atom. The predicted molar refractivity (Wildman–Crippen MR) is 31.4 cm³/mol. The van der Waals surface area contributed by atoms with Crippen molar-refractivity contribution in [3.63, 3.8) is 0 Å². The summed E-state index contributed by atoms with van der Waals surface area (Å²) in [5.41, 5.74) is 0. The van der Waals surface area contributed by atoms with Gasteiger partial charge < -0.3 is 0 Å². The fourth-order valence-corrected chi connectivity index (χ4v) is 0.752. The van der Waals surface area contributed by atoms with Crippen LogP contribution in [0.2, 0.25) is 0 Å². The Balaban J connectivity index is 2.55. The Bertz CT molecular complexity index is 137. The van der Waals surface area contributed by atoms with E-state index >= 15 is 0 Å². The lowest BCUT2D eigenvalue weighted by atomic mass is 10.2. The largest absolute Gasteiger partial charge is 0.299 e. The topological polar surface area (TPSA) is 20.1 Å². The molecular formula is C6H10NO+. The normalized spacial score (nSPS) is 20.6. The van der Waals surface area contributed by atoms with Crippen molar-refractivity contribution in [2.24, 2.45) is 0 Å². The summed E-state index contributed by atoms with van der Waals surface area (Å²) in [5, 5.41) is 0. The minimum Gasteiger partial charge on any atom is -0.299 e. The zero-order valence-electron chi connectivity index (χ0n) is 5.05. The van der Waals surface area contributed by atoms with Gasteiger partial charge in [-0.05, 0) is 0 Å². The third-order valence-corrected chi connectivity index (χ3v) is 1.37. The molecule has 0 saturated carbocycles. The smallest absolute Gasteiger partial charge is 0.149 e. The second-order valence-corrected chi connectivity index (χ2v) is 2.16. The average molecular weight is 112 g/mol. The fourth-order valence-electron chi connectivity index (χ4n) is 0.752. The van der Waals surface area contributed by atoms with Crippen molar-refractivity contribution >= 4 is 12.0 Å². The van der Waals surface area contributed by atoms with Crippen LogP contribution in [-0.4, -0.2) is 30.2 Å². The first-order valence-corrected chi connectivity index (χ1v) is 2.84. The Labute approximate surface area is 48.8 Å². The van der Waals surface area contributed by atoms with Crippen molar-refractivity contribution in [3.8, 4) is 0 Å². The highest BCUT2D eigenvalue weighted by Gasteiger charge is 2.10.